The topological polar surface area (TPSA) is 72.4 Å². The number of pyridine rings is 1. The molecule has 7 heteroatoms. The van der Waals surface area contributed by atoms with Gasteiger partial charge in [-0.1, -0.05) is 19.9 Å². The Hall–Kier alpha value is -3.19. The van der Waals surface area contributed by atoms with Crippen LogP contribution >= 0.6 is 0 Å². The lowest BCUT2D eigenvalue weighted by Gasteiger charge is -2.22. The van der Waals surface area contributed by atoms with Crippen LogP contribution in [0.3, 0.4) is 0 Å². The number of aromatic nitrogens is 3. The largest absolute Gasteiger partial charge is 0.497 e. The summed E-state index contributed by atoms with van der Waals surface area (Å²) in [5, 5.41) is 3.69. The van der Waals surface area contributed by atoms with Gasteiger partial charge in [-0.15, -0.1) is 0 Å². The summed E-state index contributed by atoms with van der Waals surface area (Å²) in [6.45, 7) is 10.6. The summed E-state index contributed by atoms with van der Waals surface area (Å²) in [5.74, 6) is 2.67. The third-order valence-corrected chi connectivity index (χ3v) is 6.34. The molecule has 1 saturated heterocycles. The van der Waals surface area contributed by atoms with Gasteiger partial charge < -0.3 is 19.7 Å². The molecule has 2 atom stereocenters. The SMILES string of the molecule is CCO[C@@H]1CN(c2ccccn2)C[C@H]1Nc1nc(CC)c(-c2ccc(OC)cc2C)nc1CC. The van der Waals surface area contributed by atoms with Gasteiger partial charge in [0.2, 0.25) is 0 Å². The second-order valence-electron chi connectivity index (χ2n) is 8.54. The Balaban J connectivity index is 1.65. The van der Waals surface area contributed by atoms with Crippen molar-refractivity contribution in [3.05, 3.63) is 59.5 Å². The van der Waals surface area contributed by atoms with Crippen LogP contribution in [0.1, 0.15) is 37.7 Å². The van der Waals surface area contributed by atoms with Gasteiger partial charge in [-0.3, -0.25) is 0 Å². The molecule has 4 rings (SSSR count). The van der Waals surface area contributed by atoms with Gasteiger partial charge in [0.25, 0.3) is 0 Å². The van der Waals surface area contributed by atoms with Gasteiger partial charge in [-0.25, -0.2) is 15.0 Å². The Morgan fingerprint density at radius 1 is 1.03 bits per heavy atom. The van der Waals surface area contributed by atoms with Crippen LogP contribution in [0.2, 0.25) is 0 Å². The fraction of sp³-hybridized carbons (Fsp3) is 0.444. The Morgan fingerprint density at radius 3 is 2.50 bits per heavy atom. The van der Waals surface area contributed by atoms with E-state index in [1.54, 1.807) is 7.11 Å². The van der Waals surface area contributed by atoms with E-state index < -0.39 is 0 Å². The average molecular weight is 462 g/mol. The number of hydrogen-bond acceptors (Lipinski definition) is 7. The highest BCUT2D eigenvalue weighted by atomic mass is 16.5. The van der Waals surface area contributed by atoms with Crippen molar-refractivity contribution in [2.45, 2.75) is 52.7 Å². The maximum Gasteiger partial charge on any atom is 0.148 e. The molecule has 0 unspecified atom stereocenters. The van der Waals surface area contributed by atoms with E-state index in [0.717, 1.165) is 71.5 Å². The summed E-state index contributed by atoms with van der Waals surface area (Å²) in [6.07, 6.45) is 3.47. The first-order chi connectivity index (χ1) is 16.6. The van der Waals surface area contributed by atoms with E-state index in [9.17, 15) is 0 Å². The highest BCUT2D eigenvalue weighted by molar-refractivity contribution is 5.68. The second kappa shape index (κ2) is 10.8. The number of benzene rings is 1. The van der Waals surface area contributed by atoms with E-state index in [1.165, 1.54) is 0 Å². The standard InChI is InChI=1S/C27H35N5O2/c1-6-21-26(20-13-12-19(33-5)15-18(20)4)29-22(7-2)27(30-21)31-23-16-32(17-24(23)34-8-3)25-11-9-10-14-28-25/h9-15,23-24H,6-8,16-17H2,1-5H3,(H,30,31)/t23-,24-/m1/s1. The number of nitrogens with one attached hydrogen (secondary N) is 1. The molecule has 3 heterocycles. The van der Waals surface area contributed by atoms with Crippen LogP contribution in [0.5, 0.6) is 5.75 Å². The molecule has 3 aromatic rings. The first-order valence-electron chi connectivity index (χ1n) is 12.2. The molecule has 0 aliphatic carbocycles. The molecule has 1 aliphatic heterocycles. The van der Waals surface area contributed by atoms with Crippen LogP contribution in [-0.2, 0) is 17.6 Å². The summed E-state index contributed by atoms with van der Waals surface area (Å²) < 4.78 is 11.5. The third-order valence-electron chi connectivity index (χ3n) is 6.34. The highest BCUT2D eigenvalue weighted by Crippen LogP contribution is 2.31. The van der Waals surface area contributed by atoms with E-state index in [4.69, 9.17) is 19.4 Å². The molecular formula is C27H35N5O2. The van der Waals surface area contributed by atoms with Gasteiger partial charge >= 0.3 is 0 Å². The van der Waals surface area contributed by atoms with E-state index in [-0.39, 0.29) is 12.1 Å². The van der Waals surface area contributed by atoms with Crippen molar-refractivity contribution in [3.63, 3.8) is 0 Å². The molecule has 0 radical (unpaired) electrons. The lowest BCUT2D eigenvalue weighted by molar-refractivity contribution is 0.0719. The highest BCUT2D eigenvalue weighted by Gasteiger charge is 2.35. The molecule has 34 heavy (non-hydrogen) atoms. The minimum Gasteiger partial charge on any atom is -0.497 e. The lowest BCUT2D eigenvalue weighted by atomic mass is 10.0. The van der Waals surface area contributed by atoms with Crippen LogP contribution in [0.15, 0.2) is 42.6 Å². The predicted molar refractivity (Wildman–Crippen MR) is 137 cm³/mol. The molecule has 7 nitrogen and oxygen atoms in total. The Bertz CT molecular complexity index is 1110. The summed E-state index contributed by atoms with van der Waals surface area (Å²) in [6, 6.07) is 12.2. The summed E-state index contributed by atoms with van der Waals surface area (Å²) >= 11 is 0. The fourth-order valence-electron chi connectivity index (χ4n) is 4.56. The van der Waals surface area contributed by atoms with Crippen molar-refractivity contribution >= 4 is 11.6 Å². The van der Waals surface area contributed by atoms with Gasteiger partial charge in [-0.2, -0.15) is 0 Å². The van der Waals surface area contributed by atoms with Crippen molar-refractivity contribution in [3.8, 4) is 17.0 Å². The predicted octanol–water partition coefficient (Wildman–Crippen LogP) is 4.69. The van der Waals surface area contributed by atoms with Crippen molar-refractivity contribution in [1.29, 1.82) is 0 Å². The molecule has 0 saturated carbocycles. The normalized spacial score (nSPS) is 17.7. The first kappa shape index (κ1) is 24.0. The lowest BCUT2D eigenvalue weighted by Crippen LogP contribution is -2.35. The first-order valence-corrected chi connectivity index (χ1v) is 12.2. The van der Waals surface area contributed by atoms with E-state index in [2.05, 4.69) is 42.0 Å². The molecule has 180 valence electrons. The maximum absolute atomic E-state index is 6.11. The number of nitrogens with zero attached hydrogens (tertiary/aromatic N) is 4. The molecule has 1 aliphatic rings. The van der Waals surface area contributed by atoms with Gasteiger partial charge in [0, 0.05) is 31.5 Å². The molecule has 0 bridgehead atoms. The number of ether oxygens (including phenoxy) is 2. The van der Waals surface area contributed by atoms with E-state index in [1.807, 2.05) is 43.5 Å². The van der Waals surface area contributed by atoms with Gasteiger partial charge in [0.1, 0.15) is 17.4 Å². The van der Waals surface area contributed by atoms with Gasteiger partial charge in [-0.05, 0) is 62.6 Å². The molecule has 0 amide bonds. The smallest absolute Gasteiger partial charge is 0.148 e. The molecule has 1 aromatic carbocycles. The van der Waals surface area contributed by atoms with E-state index >= 15 is 0 Å². The summed E-state index contributed by atoms with van der Waals surface area (Å²) in [5.41, 5.74) is 5.13. The quantitative estimate of drug-likeness (QED) is 0.496. The van der Waals surface area contributed by atoms with Crippen molar-refractivity contribution < 1.29 is 9.47 Å². The number of hydrogen-bond donors (Lipinski definition) is 1. The van der Waals surface area contributed by atoms with Crippen LogP contribution in [-0.4, -0.2) is 53.9 Å². The zero-order valence-electron chi connectivity index (χ0n) is 20.8. The van der Waals surface area contributed by atoms with E-state index in [0.29, 0.717) is 6.61 Å². The Kier molecular flexibility index (Phi) is 7.63. The molecule has 2 aromatic heterocycles. The molecular weight excluding hydrogens is 426 g/mol. The Labute approximate surface area is 202 Å². The summed E-state index contributed by atoms with van der Waals surface area (Å²) in [4.78, 5) is 17.0. The van der Waals surface area contributed by atoms with Crippen LogP contribution in [0.25, 0.3) is 11.3 Å². The molecule has 1 fully saturated rings. The maximum atomic E-state index is 6.11. The third kappa shape index (κ3) is 4.99. The van der Waals surface area contributed by atoms with Crippen LogP contribution < -0.4 is 15.0 Å². The number of rotatable bonds is 9. The zero-order chi connectivity index (χ0) is 24.1. The van der Waals surface area contributed by atoms with Crippen LogP contribution in [0.4, 0.5) is 11.6 Å². The van der Waals surface area contributed by atoms with Gasteiger partial charge in [0.05, 0.1) is 36.3 Å². The van der Waals surface area contributed by atoms with Gasteiger partial charge in [0.15, 0.2) is 0 Å². The second-order valence-corrected chi connectivity index (χ2v) is 8.54. The number of anilines is 2. The summed E-state index contributed by atoms with van der Waals surface area (Å²) in [7, 11) is 1.69. The minimum absolute atomic E-state index is 0.0482. The van der Waals surface area contributed by atoms with Crippen LogP contribution in [0, 0.1) is 6.92 Å². The average Bonchev–Trinajstić information content (AvgIpc) is 3.26. The number of methoxy groups -OCH3 is 1. The zero-order valence-corrected chi connectivity index (χ0v) is 20.8. The minimum atomic E-state index is 0.0482. The Morgan fingerprint density at radius 2 is 1.85 bits per heavy atom. The molecule has 0 spiro atoms. The van der Waals surface area contributed by atoms with Crippen molar-refractivity contribution in [2.75, 3.05) is 37.0 Å². The monoisotopic (exact) mass is 461 g/mol. The van der Waals surface area contributed by atoms with Crippen molar-refractivity contribution in [2.24, 2.45) is 0 Å². The van der Waals surface area contributed by atoms with Crippen molar-refractivity contribution in [1.82, 2.24) is 15.0 Å². The molecule has 1 N–H and O–H groups in total. The fourth-order valence-corrected chi connectivity index (χ4v) is 4.56. The number of aryl methyl sites for hydroxylation is 3.